The molecule has 1 aliphatic heterocycles. The zero-order chi connectivity index (χ0) is 26.9. The van der Waals surface area contributed by atoms with E-state index in [1.54, 1.807) is 6.92 Å². The number of fused-ring (bicyclic) bond motifs is 1. The van der Waals surface area contributed by atoms with Gasteiger partial charge in [-0.1, -0.05) is 72.6 Å². The third kappa shape index (κ3) is 9.42. The summed E-state index contributed by atoms with van der Waals surface area (Å²) in [6.07, 6.45) is 14.5. The lowest BCUT2D eigenvalue weighted by molar-refractivity contribution is -0.117. The fraction of sp³-hybridized carbons (Fsp3) is 0.788. The Bertz CT molecular complexity index is 840. The molecule has 0 spiro atoms. The van der Waals surface area contributed by atoms with E-state index in [4.69, 9.17) is 9.47 Å². The molecular formula is C33H56O3. The second-order valence-corrected chi connectivity index (χ2v) is 12.7. The van der Waals surface area contributed by atoms with Crippen molar-refractivity contribution >= 4 is 5.78 Å². The highest BCUT2D eigenvalue weighted by atomic mass is 16.5. The smallest absolute Gasteiger partial charge is 0.133 e. The number of carbonyl (C=O) groups excluding carboxylic acids is 1. The van der Waals surface area contributed by atoms with Gasteiger partial charge in [-0.2, -0.15) is 0 Å². The Morgan fingerprint density at radius 1 is 0.889 bits per heavy atom. The second kappa shape index (κ2) is 14.4. The van der Waals surface area contributed by atoms with Gasteiger partial charge in [0.1, 0.15) is 22.9 Å². The standard InChI is InChI=1S/C33H56O3/c1-23(2)13-10-14-24(3)15-11-16-25(4)17-12-20-33(9)21-18-30-29(8)31(35-22-19-26(5)34)27(6)28(7)32(30)36-33/h23-25H,10-22H2,1-9H3/t24-,25-,33-/m1/s1. The highest BCUT2D eigenvalue weighted by Gasteiger charge is 2.34. The summed E-state index contributed by atoms with van der Waals surface area (Å²) in [5.41, 5.74) is 4.73. The third-order valence-electron chi connectivity index (χ3n) is 8.54. The summed E-state index contributed by atoms with van der Waals surface area (Å²) in [6.45, 7) is 20.3. The summed E-state index contributed by atoms with van der Waals surface area (Å²) in [7, 11) is 0. The molecule has 36 heavy (non-hydrogen) atoms. The van der Waals surface area contributed by atoms with Crippen LogP contribution in [0.2, 0.25) is 0 Å². The molecule has 0 radical (unpaired) electrons. The van der Waals surface area contributed by atoms with Crippen molar-refractivity contribution in [2.45, 2.75) is 145 Å². The van der Waals surface area contributed by atoms with E-state index in [1.807, 2.05) is 0 Å². The lowest BCUT2D eigenvalue weighted by Crippen LogP contribution is -2.37. The van der Waals surface area contributed by atoms with Crippen molar-refractivity contribution in [1.82, 2.24) is 0 Å². The maximum Gasteiger partial charge on any atom is 0.133 e. The lowest BCUT2D eigenvalue weighted by atomic mass is 9.83. The second-order valence-electron chi connectivity index (χ2n) is 12.7. The Balaban J connectivity index is 1.83. The topological polar surface area (TPSA) is 35.5 Å². The number of ketones is 1. The van der Waals surface area contributed by atoms with Gasteiger partial charge in [0, 0.05) is 12.0 Å². The van der Waals surface area contributed by atoms with Crippen LogP contribution < -0.4 is 9.47 Å². The molecule has 0 saturated heterocycles. The molecule has 0 saturated carbocycles. The quantitative estimate of drug-likeness (QED) is 0.227. The maximum absolute atomic E-state index is 11.3. The van der Waals surface area contributed by atoms with Gasteiger partial charge >= 0.3 is 0 Å². The number of ether oxygens (including phenoxy) is 2. The summed E-state index contributed by atoms with van der Waals surface area (Å²) in [4.78, 5) is 11.3. The molecule has 0 bridgehead atoms. The molecule has 0 aliphatic carbocycles. The van der Waals surface area contributed by atoms with Crippen LogP contribution in [0.15, 0.2) is 0 Å². The molecule has 3 atom stereocenters. The van der Waals surface area contributed by atoms with Gasteiger partial charge in [0.25, 0.3) is 0 Å². The average Bonchev–Trinajstić information content (AvgIpc) is 2.79. The highest BCUT2D eigenvalue weighted by Crippen LogP contribution is 2.45. The minimum atomic E-state index is -0.0850. The molecule has 206 valence electrons. The number of carbonyl (C=O) groups is 1. The Morgan fingerprint density at radius 2 is 1.47 bits per heavy atom. The molecule has 0 amide bonds. The predicted octanol–water partition coefficient (Wildman–Crippen LogP) is 9.49. The van der Waals surface area contributed by atoms with E-state index in [1.165, 1.54) is 68.1 Å². The van der Waals surface area contributed by atoms with Gasteiger partial charge in [0.2, 0.25) is 0 Å². The van der Waals surface area contributed by atoms with E-state index >= 15 is 0 Å². The van der Waals surface area contributed by atoms with Crippen molar-refractivity contribution in [2.75, 3.05) is 6.61 Å². The predicted molar refractivity (Wildman–Crippen MR) is 154 cm³/mol. The van der Waals surface area contributed by atoms with Crippen LogP contribution in [0.3, 0.4) is 0 Å². The number of rotatable bonds is 16. The fourth-order valence-corrected chi connectivity index (χ4v) is 5.77. The molecule has 0 unspecified atom stereocenters. The van der Waals surface area contributed by atoms with Crippen LogP contribution in [-0.2, 0) is 11.2 Å². The normalized spacial score (nSPS) is 19.1. The number of hydrogen-bond acceptors (Lipinski definition) is 3. The summed E-state index contributed by atoms with van der Waals surface area (Å²) < 4.78 is 12.8. The SMILES string of the molecule is CC(=O)CCOc1c(C)c(C)c2c(c1C)CC[C@@](C)(CCC[C@H](C)CCC[C@H](C)CCCC(C)C)O2. The molecule has 0 fully saturated rings. The van der Waals surface area contributed by atoms with E-state index in [-0.39, 0.29) is 11.4 Å². The Labute approximate surface area is 223 Å². The van der Waals surface area contributed by atoms with E-state index in [9.17, 15) is 4.79 Å². The minimum Gasteiger partial charge on any atom is -0.493 e. The van der Waals surface area contributed by atoms with Crippen molar-refractivity contribution in [3.63, 3.8) is 0 Å². The Morgan fingerprint density at radius 3 is 2.06 bits per heavy atom. The molecule has 2 rings (SSSR count). The lowest BCUT2D eigenvalue weighted by Gasteiger charge is -2.38. The van der Waals surface area contributed by atoms with Crippen molar-refractivity contribution < 1.29 is 14.3 Å². The molecule has 3 heteroatoms. The van der Waals surface area contributed by atoms with Gasteiger partial charge in [0.05, 0.1) is 6.61 Å². The molecule has 0 N–H and O–H groups in total. The first-order valence-corrected chi connectivity index (χ1v) is 14.9. The van der Waals surface area contributed by atoms with Crippen LogP contribution in [0.4, 0.5) is 0 Å². The van der Waals surface area contributed by atoms with Crippen LogP contribution in [0.5, 0.6) is 11.5 Å². The highest BCUT2D eigenvalue weighted by molar-refractivity contribution is 5.75. The first kappa shape index (κ1) is 30.7. The van der Waals surface area contributed by atoms with Gasteiger partial charge in [0.15, 0.2) is 0 Å². The summed E-state index contributed by atoms with van der Waals surface area (Å²) in [6, 6.07) is 0. The van der Waals surface area contributed by atoms with Gasteiger partial charge < -0.3 is 9.47 Å². The fourth-order valence-electron chi connectivity index (χ4n) is 5.77. The van der Waals surface area contributed by atoms with Gasteiger partial charge in [-0.3, -0.25) is 4.79 Å². The van der Waals surface area contributed by atoms with Crippen molar-refractivity contribution in [1.29, 1.82) is 0 Å². The maximum atomic E-state index is 11.3. The zero-order valence-corrected chi connectivity index (χ0v) is 25.1. The summed E-state index contributed by atoms with van der Waals surface area (Å²) >= 11 is 0. The number of hydrogen-bond donors (Lipinski definition) is 0. The number of benzene rings is 1. The summed E-state index contributed by atoms with van der Waals surface area (Å²) in [5, 5.41) is 0. The van der Waals surface area contributed by atoms with Crippen molar-refractivity contribution in [2.24, 2.45) is 17.8 Å². The van der Waals surface area contributed by atoms with Crippen molar-refractivity contribution in [3.05, 3.63) is 22.3 Å². The van der Waals surface area contributed by atoms with Crippen LogP contribution in [-0.4, -0.2) is 18.0 Å². The van der Waals surface area contributed by atoms with Crippen LogP contribution in [0, 0.1) is 38.5 Å². The molecular weight excluding hydrogens is 444 g/mol. The van der Waals surface area contributed by atoms with Crippen LogP contribution in [0.25, 0.3) is 0 Å². The third-order valence-corrected chi connectivity index (χ3v) is 8.54. The first-order valence-electron chi connectivity index (χ1n) is 14.9. The van der Waals surface area contributed by atoms with Crippen LogP contribution >= 0.6 is 0 Å². The van der Waals surface area contributed by atoms with E-state index in [0.717, 1.165) is 54.1 Å². The zero-order valence-electron chi connectivity index (χ0n) is 25.1. The largest absolute Gasteiger partial charge is 0.493 e. The molecule has 0 aromatic heterocycles. The van der Waals surface area contributed by atoms with Gasteiger partial charge in [-0.05, 0) is 94.7 Å². The molecule has 3 nitrogen and oxygen atoms in total. The van der Waals surface area contributed by atoms with Gasteiger partial charge in [-0.25, -0.2) is 0 Å². The number of Topliss-reactive ketones (excluding diaryl/α,β-unsaturated/α-hetero) is 1. The van der Waals surface area contributed by atoms with Crippen molar-refractivity contribution in [3.8, 4) is 11.5 Å². The minimum absolute atomic E-state index is 0.0850. The Kier molecular flexibility index (Phi) is 12.3. The molecule has 1 heterocycles. The first-order chi connectivity index (χ1) is 16.9. The van der Waals surface area contributed by atoms with E-state index in [0.29, 0.717) is 13.0 Å². The summed E-state index contributed by atoms with van der Waals surface area (Å²) in [5.74, 6) is 4.71. The van der Waals surface area contributed by atoms with Crippen LogP contribution in [0.1, 0.15) is 134 Å². The van der Waals surface area contributed by atoms with E-state index < -0.39 is 0 Å². The monoisotopic (exact) mass is 500 g/mol. The van der Waals surface area contributed by atoms with E-state index in [2.05, 4.69) is 55.4 Å². The van der Waals surface area contributed by atoms with Gasteiger partial charge in [-0.15, -0.1) is 0 Å². The molecule has 1 aliphatic rings. The Hall–Kier alpha value is -1.51. The average molecular weight is 501 g/mol. The molecule has 1 aromatic carbocycles. The molecule has 1 aromatic rings.